The van der Waals surface area contributed by atoms with Gasteiger partial charge >= 0.3 is 18.3 Å². The van der Waals surface area contributed by atoms with E-state index in [2.05, 4.69) is 4.74 Å². The molecule has 0 heterocycles. The number of nitro benzene ring substituents is 1. The molecule has 22 heavy (non-hydrogen) atoms. The fourth-order valence-electron chi connectivity index (χ4n) is 1.72. The van der Waals surface area contributed by atoms with Gasteiger partial charge in [-0.2, -0.15) is 26.3 Å². The molecule has 1 rings (SSSR count). The Labute approximate surface area is 118 Å². The Bertz CT molecular complexity index is 608. The number of hydrogen-bond donors (Lipinski definition) is 0. The summed E-state index contributed by atoms with van der Waals surface area (Å²) in [7, 11) is 0.817. The van der Waals surface area contributed by atoms with E-state index in [1.807, 2.05) is 0 Å². The first-order valence-corrected chi connectivity index (χ1v) is 5.40. The van der Waals surface area contributed by atoms with Gasteiger partial charge in [0.2, 0.25) is 0 Å². The van der Waals surface area contributed by atoms with Crippen LogP contribution in [0.5, 0.6) is 0 Å². The molecule has 1 aromatic carbocycles. The summed E-state index contributed by atoms with van der Waals surface area (Å²) in [6, 6.07) is 0.0542. The molecule has 0 aromatic heterocycles. The predicted molar refractivity (Wildman–Crippen MR) is 58.8 cm³/mol. The lowest BCUT2D eigenvalue weighted by Crippen LogP contribution is -2.21. The van der Waals surface area contributed by atoms with Crippen molar-refractivity contribution in [1.29, 1.82) is 0 Å². The molecule has 1 aromatic rings. The lowest BCUT2D eigenvalue weighted by atomic mass is 9.96. The molecular formula is C11H7F6NO4. The Morgan fingerprint density at radius 2 is 1.73 bits per heavy atom. The molecule has 11 heteroatoms. The van der Waals surface area contributed by atoms with Gasteiger partial charge in [-0.15, -0.1) is 0 Å². The number of halogens is 6. The Kier molecular flexibility index (Phi) is 4.68. The number of hydrogen-bond acceptors (Lipinski definition) is 4. The number of non-ortho nitro benzene ring substituents is 1. The lowest BCUT2D eigenvalue weighted by Gasteiger charge is -2.18. The van der Waals surface area contributed by atoms with Crippen LogP contribution >= 0.6 is 0 Å². The topological polar surface area (TPSA) is 69.4 Å². The van der Waals surface area contributed by atoms with Crippen LogP contribution in [0.4, 0.5) is 32.0 Å². The molecule has 0 aliphatic rings. The minimum atomic E-state index is -5.48. The molecule has 0 amide bonds. The van der Waals surface area contributed by atoms with Crippen molar-refractivity contribution in [1.82, 2.24) is 0 Å². The third-order valence-electron chi connectivity index (χ3n) is 2.57. The molecule has 0 unspecified atom stereocenters. The summed E-state index contributed by atoms with van der Waals surface area (Å²) < 4.78 is 81.2. The molecule has 0 saturated heterocycles. The van der Waals surface area contributed by atoms with Crippen LogP contribution in [-0.2, 0) is 28.3 Å². The van der Waals surface area contributed by atoms with E-state index in [4.69, 9.17) is 0 Å². The van der Waals surface area contributed by atoms with Crippen LogP contribution in [0, 0.1) is 10.1 Å². The van der Waals surface area contributed by atoms with Crippen LogP contribution in [0.25, 0.3) is 0 Å². The smallest absolute Gasteiger partial charge is 0.417 e. The predicted octanol–water partition coefficient (Wildman–Crippen LogP) is 3.35. The van der Waals surface area contributed by atoms with Crippen LogP contribution in [0.1, 0.15) is 16.7 Å². The second-order valence-electron chi connectivity index (χ2n) is 4.03. The summed E-state index contributed by atoms with van der Waals surface area (Å²) in [6.45, 7) is 0. The normalized spacial score (nSPS) is 12.1. The van der Waals surface area contributed by atoms with Gasteiger partial charge in [0.25, 0.3) is 5.69 Å². The third-order valence-corrected chi connectivity index (χ3v) is 2.57. The van der Waals surface area contributed by atoms with Crippen molar-refractivity contribution in [2.75, 3.05) is 7.11 Å². The minimum Gasteiger partial charge on any atom is -0.469 e. The van der Waals surface area contributed by atoms with Crippen LogP contribution in [0.2, 0.25) is 0 Å². The average molecular weight is 331 g/mol. The van der Waals surface area contributed by atoms with Gasteiger partial charge in [0.05, 0.1) is 29.6 Å². The van der Waals surface area contributed by atoms with E-state index >= 15 is 0 Å². The highest BCUT2D eigenvalue weighted by molar-refractivity contribution is 5.73. The summed E-state index contributed by atoms with van der Waals surface area (Å²) in [5.41, 5.74) is -6.76. The molecule has 0 spiro atoms. The van der Waals surface area contributed by atoms with Crippen molar-refractivity contribution in [2.45, 2.75) is 18.8 Å². The van der Waals surface area contributed by atoms with Gasteiger partial charge in [-0.05, 0) is 5.56 Å². The van der Waals surface area contributed by atoms with Crippen molar-refractivity contribution in [3.8, 4) is 0 Å². The van der Waals surface area contributed by atoms with E-state index in [0.29, 0.717) is 0 Å². The van der Waals surface area contributed by atoms with Gasteiger partial charge in [-0.25, -0.2) is 0 Å². The highest BCUT2D eigenvalue weighted by atomic mass is 19.4. The van der Waals surface area contributed by atoms with Crippen molar-refractivity contribution < 1.29 is 40.8 Å². The summed E-state index contributed by atoms with van der Waals surface area (Å²) >= 11 is 0. The van der Waals surface area contributed by atoms with Crippen LogP contribution in [-0.4, -0.2) is 18.0 Å². The summed E-state index contributed by atoms with van der Waals surface area (Å²) in [5.74, 6) is -1.26. The number of rotatable bonds is 3. The molecule has 0 aliphatic carbocycles. The fourth-order valence-corrected chi connectivity index (χ4v) is 1.72. The highest BCUT2D eigenvalue weighted by Gasteiger charge is 2.46. The SMILES string of the molecule is COC(=O)Cc1cc([N+](=O)[O-])cc(C(F)(F)F)c1C(F)(F)F. The maximum Gasteiger partial charge on any atom is 0.417 e. The number of ether oxygens (including phenoxy) is 1. The highest BCUT2D eigenvalue weighted by Crippen LogP contribution is 2.44. The summed E-state index contributed by atoms with van der Waals surface area (Å²) in [5, 5.41) is 10.6. The first-order valence-electron chi connectivity index (χ1n) is 5.40. The number of methoxy groups -OCH3 is 1. The van der Waals surface area contributed by atoms with E-state index in [1.165, 1.54) is 0 Å². The molecular weight excluding hydrogens is 324 g/mol. The largest absolute Gasteiger partial charge is 0.469 e. The van der Waals surface area contributed by atoms with Crippen molar-refractivity contribution >= 4 is 11.7 Å². The van der Waals surface area contributed by atoms with Gasteiger partial charge in [-0.3, -0.25) is 14.9 Å². The monoisotopic (exact) mass is 331 g/mol. The van der Waals surface area contributed by atoms with Gasteiger partial charge in [0.1, 0.15) is 0 Å². The van der Waals surface area contributed by atoms with Crippen LogP contribution in [0.3, 0.4) is 0 Å². The lowest BCUT2D eigenvalue weighted by molar-refractivity contribution is -0.385. The van der Waals surface area contributed by atoms with E-state index in [0.717, 1.165) is 7.11 Å². The number of carbonyl (C=O) groups excluding carboxylic acids is 1. The average Bonchev–Trinajstić information content (AvgIpc) is 2.35. The van der Waals surface area contributed by atoms with Crippen molar-refractivity contribution in [3.05, 3.63) is 38.9 Å². The zero-order chi connectivity index (χ0) is 17.3. The molecule has 0 N–H and O–H groups in total. The summed E-state index contributed by atoms with van der Waals surface area (Å²) in [6.07, 6.45) is -12.1. The Balaban J connectivity index is 3.73. The van der Waals surface area contributed by atoms with Crippen LogP contribution < -0.4 is 0 Å². The Hall–Kier alpha value is -2.33. The van der Waals surface area contributed by atoms with E-state index < -0.39 is 52.0 Å². The number of alkyl halides is 6. The van der Waals surface area contributed by atoms with E-state index in [1.54, 1.807) is 0 Å². The number of nitrogens with zero attached hydrogens (tertiary/aromatic N) is 1. The summed E-state index contributed by atoms with van der Waals surface area (Å²) in [4.78, 5) is 20.4. The standard InChI is InChI=1S/C11H7F6NO4/c1-22-8(19)3-5-2-6(18(20)21)4-7(10(12,13)14)9(5)11(15,16)17/h2,4H,3H2,1H3. The Morgan fingerprint density at radius 3 is 2.09 bits per heavy atom. The fraction of sp³-hybridized carbons (Fsp3) is 0.364. The molecule has 0 fully saturated rings. The number of carbonyl (C=O) groups is 1. The van der Waals surface area contributed by atoms with E-state index in [9.17, 15) is 41.3 Å². The third kappa shape index (κ3) is 3.86. The molecule has 122 valence electrons. The van der Waals surface area contributed by atoms with Crippen molar-refractivity contribution in [3.63, 3.8) is 0 Å². The van der Waals surface area contributed by atoms with Gasteiger partial charge < -0.3 is 4.74 Å². The first kappa shape index (κ1) is 17.7. The minimum absolute atomic E-state index is 0.219. The second-order valence-corrected chi connectivity index (χ2v) is 4.03. The zero-order valence-corrected chi connectivity index (χ0v) is 10.7. The van der Waals surface area contributed by atoms with E-state index in [-0.39, 0.29) is 12.1 Å². The van der Waals surface area contributed by atoms with Gasteiger partial charge in [0.15, 0.2) is 0 Å². The molecule has 0 bridgehead atoms. The zero-order valence-electron chi connectivity index (χ0n) is 10.7. The first-order chi connectivity index (χ1) is 9.87. The van der Waals surface area contributed by atoms with Crippen LogP contribution in [0.15, 0.2) is 12.1 Å². The maximum atomic E-state index is 12.9. The van der Waals surface area contributed by atoms with Gasteiger partial charge in [-0.1, -0.05) is 0 Å². The second kappa shape index (κ2) is 5.81. The number of esters is 1. The number of benzene rings is 1. The number of nitro groups is 1. The quantitative estimate of drug-likeness (QED) is 0.369. The Morgan fingerprint density at radius 1 is 1.18 bits per heavy atom. The molecule has 0 aliphatic heterocycles. The molecule has 0 radical (unpaired) electrons. The molecule has 0 atom stereocenters. The maximum absolute atomic E-state index is 12.9. The molecule has 5 nitrogen and oxygen atoms in total. The van der Waals surface area contributed by atoms with Crippen molar-refractivity contribution in [2.24, 2.45) is 0 Å². The molecule has 0 saturated carbocycles. The van der Waals surface area contributed by atoms with Gasteiger partial charge in [0, 0.05) is 12.1 Å².